The number of carbonyl (C=O) groups excluding carboxylic acids is 2. The van der Waals surface area contributed by atoms with Crippen LogP contribution in [-0.2, 0) is 15.8 Å². The molecule has 3 aliphatic rings. The summed E-state index contributed by atoms with van der Waals surface area (Å²) in [4.78, 5) is 26.4. The van der Waals surface area contributed by atoms with Crippen LogP contribution in [0.2, 0.25) is 0 Å². The van der Waals surface area contributed by atoms with E-state index in [4.69, 9.17) is 0 Å². The van der Waals surface area contributed by atoms with Gasteiger partial charge in [0.2, 0.25) is 11.8 Å². The molecule has 2 bridgehead atoms. The third kappa shape index (κ3) is 1.90. The van der Waals surface area contributed by atoms with Crippen molar-refractivity contribution in [2.75, 3.05) is 4.90 Å². The number of hydrogen-bond donors (Lipinski definition) is 0. The van der Waals surface area contributed by atoms with Crippen LogP contribution in [0.3, 0.4) is 0 Å². The van der Waals surface area contributed by atoms with Gasteiger partial charge in [-0.25, -0.2) is 0 Å². The van der Waals surface area contributed by atoms with Crippen LogP contribution in [0.5, 0.6) is 0 Å². The Morgan fingerprint density at radius 3 is 2.26 bits per heavy atom. The van der Waals surface area contributed by atoms with Crippen LogP contribution >= 0.6 is 0 Å². The number of allylic oxidation sites excluding steroid dienone is 2. The first-order chi connectivity index (χ1) is 10.8. The molecule has 23 heavy (non-hydrogen) atoms. The fourth-order valence-electron chi connectivity index (χ4n) is 4.33. The van der Waals surface area contributed by atoms with Crippen molar-refractivity contribution in [2.24, 2.45) is 23.7 Å². The Bertz CT molecular complexity index is 735. The van der Waals surface area contributed by atoms with Crippen LogP contribution in [0.1, 0.15) is 18.9 Å². The smallest absolute Gasteiger partial charge is 0.274 e. The molecule has 0 unspecified atom stereocenters. The Kier molecular flexibility index (Phi) is 2.81. The number of carbonyl (C=O) groups is 2. The summed E-state index contributed by atoms with van der Waals surface area (Å²) in [6.07, 6.45) is -1.54. The average Bonchev–Trinajstić information content (AvgIpc) is 3.10. The van der Waals surface area contributed by atoms with Gasteiger partial charge in [0, 0.05) is 0 Å². The number of amides is 2. The largest absolute Gasteiger partial charge is 0.416 e. The Morgan fingerprint density at radius 1 is 1.04 bits per heavy atom. The standard InChI is InChI=1S/C17H14F3NO2/c1-8-6-9-7-12(8)14-13(9)15(22)21(16(14)23)11-4-2-10(3-5-11)17(18,19)20/h2-6,9,12-14H,7H2,1H3/t9-,12+,13+,14+/m1/s1. The van der Waals surface area contributed by atoms with Crippen LogP contribution in [0, 0.1) is 23.7 Å². The lowest BCUT2D eigenvalue weighted by Crippen LogP contribution is -2.33. The maximum absolute atomic E-state index is 12.7. The molecule has 1 aliphatic heterocycles. The lowest BCUT2D eigenvalue weighted by Gasteiger charge is -2.19. The number of rotatable bonds is 1. The highest BCUT2D eigenvalue weighted by molar-refractivity contribution is 6.22. The van der Waals surface area contributed by atoms with Crippen LogP contribution in [0.15, 0.2) is 35.9 Å². The highest BCUT2D eigenvalue weighted by Gasteiger charge is 2.60. The fourth-order valence-corrected chi connectivity index (χ4v) is 4.33. The quantitative estimate of drug-likeness (QED) is 0.587. The minimum absolute atomic E-state index is 0.0842. The van der Waals surface area contributed by atoms with Gasteiger partial charge in [0.25, 0.3) is 0 Å². The van der Waals surface area contributed by atoms with Crippen LogP contribution in [0.25, 0.3) is 0 Å². The second-order valence-corrected chi connectivity index (χ2v) is 6.52. The Morgan fingerprint density at radius 2 is 1.65 bits per heavy atom. The van der Waals surface area contributed by atoms with Gasteiger partial charge in [-0.1, -0.05) is 11.6 Å². The van der Waals surface area contributed by atoms with Crippen LogP contribution in [0.4, 0.5) is 18.9 Å². The van der Waals surface area contributed by atoms with Crippen molar-refractivity contribution >= 4 is 17.5 Å². The molecule has 1 saturated heterocycles. The molecule has 4 atom stereocenters. The van der Waals surface area contributed by atoms with E-state index in [9.17, 15) is 22.8 Å². The molecule has 1 aromatic rings. The predicted octanol–water partition coefficient (Wildman–Crippen LogP) is 3.41. The Hall–Kier alpha value is -2.11. The molecule has 2 aliphatic carbocycles. The molecule has 6 heteroatoms. The van der Waals surface area contributed by atoms with Gasteiger partial charge >= 0.3 is 6.18 Å². The number of imide groups is 1. The number of nitrogens with zero attached hydrogens (tertiary/aromatic N) is 1. The first-order valence-corrected chi connectivity index (χ1v) is 7.52. The van der Waals surface area contributed by atoms with E-state index in [2.05, 4.69) is 6.08 Å². The number of benzene rings is 1. The molecule has 2 amide bonds. The van der Waals surface area contributed by atoms with Gasteiger partial charge in [0.05, 0.1) is 23.1 Å². The topological polar surface area (TPSA) is 37.4 Å². The van der Waals surface area contributed by atoms with Crippen molar-refractivity contribution in [3.63, 3.8) is 0 Å². The first-order valence-electron chi connectivity index (χ1n) is 7.52. The molecule has 3 nitrogen and oxygen atoms in total. The van der Waals surface area contributed by atoms with E-state index in [1.54, 1.807) is 0 Å². The summed E-state index contributed by atoms with van der Waals surface area (Å²) in [5.74, 6) is -1.07. The summed E-state index contributed by atoms with van der Waals surface area (Å²) in [5, 5.41) is 0. The summed E-state index contributed by atoms with van der Waals surface area (Å²) >= 11 is 0. The molecule has 1 saturated carbocycles. The van der Waals surface area contributed by atoms with Gasteiger partial charge in [-0.2, -0.15) is 13.2 Å². The van der Waals surface area contributed by atoms with E-state index in [-0.39, 0.29) is 41.2 Å². The SMILES string of the molecule is CC1=C[C@@H]2C[C@@H]1[C@@H]1C(=O)N(c3ccc(C(F)(F)F)cc3)C(=O)[C@H]12. The second-order valence-electron chi connectivity index (χ2n) is 6.52. The summed E-state index contributed by atoms with van der Waals surface area (Å²) in [6, 6.07) is 4.20. The lowest BCUT2D eigenvalue weighted by atomic mass is 9.82. The lowest BCUT2D eigenvalue weighted by molar-refractivity contribution is -0.137. The van der Waals surface area contributed by atoms with Crippen molar-refractivity contribution in [3.05, 3.63) is 41.5 Å². The number of hydrogen-bond acceptors (Lipinski definition) is 2. The molecular formula is C17H14F3NO2. The van der Waals surface area contributed by atoms with Crippen LogP contribution < -0.4 is 4.90 Å². The third-order valence-corrected chi connectivity index (χ3v) is 5.33. The summed E-state index contributed by atoms with van der Waals surface area (Å²) in [7, 11) is 0. The highest BCUT2D eigenvalue weighted by Crippen LogP contribution is 2.55. The zero-order chi connectivity index (χ0) is 16.5. The monoisotopic (exact) mass is 321 g/mol. The zero-order valence-electron chi connectivity index (χ0n) is 12.3. The predicted molar refractivity (Wildman–Crippen MR) is 76.3 cm³/mol. The maximum Gasteiger partial charge on any atom is 0.416 e. The molecule has 1 aromatic carbocycles. The van der Waals surface area contributed by atoms with Gasteiger partial charge in [0.1, 0.15) is 0 Å². The second kappa shape index (κ2) is 4.46. The van der Waals surface area contributed by atoms with Gasteiger partial charge in [-0.3, -0.25) is 14.5 Å². The van der Waals surface area contributed by atoms with Gasteiger partial charge < -0.3 is 0 Å². The van der Waals surface area contributed by atoms with Gasteiger partial charge in [-0.05, 0) is 49.4 Å². The van der Waals surface area contributed by atoms with E-state index >= 15 is 0 Å². The number of alkyl halides is 3. The molecular weight excluding hydrogens is 307 g/mol. The van der Waals surface area contributed by atoms with E-state index in [1.807, 2.05) is 6.92 Å². The minimum Gasteiger partial charge on any atom is -0.274 e. The minimum atomic E-state index is -4.44. The molecule has 0 aromatic heterocycles. The van der Waals surface area contributed by atoms with Crippen molar-refractivity contribution < 1.29 is 22.8 Å². The highest BCUT2D eigenvalue weighted by atomic mass is 19.4. The molecule has 0 radical (unpaired) electrons. The number of fused-ring (bicyclic) bond motifs is 5. The van der Waals surface area contributed by atoms with Crippen molar-refractivity contribution in [3.8, 4) is 0 Å². The average molecular weight is 321 g/mol. The molecule has 120 valence electrons. The normalized spacial score (nSPS) is 32.5. The number of halogens is 3. The Balaban J connectivity index is 1.67. The maximum atomic E-state index is 12.7. The summed E-state index contributed by atoms with van der Waals surface area (Å²) in [6.45, 7) is 1.97. The first kappa shape index (κ1) is 14.5. The zero-order valence-corrected chi connectivity index (χ0v) is 12.3. The molecule has 1 heterocycles. The van der Waals surface area contributed by atoms with E-state index in [1.165, 1.54) is 12.1 Å². The molecule has 4 rings (SSSR count). The Labute approximate surface area is 130 Å². The third-order valence-electron chi connectivity index (χ3n) is 5.33. The van der Waals surface area contributed by atoms with E-state index < -0.39 is 11.7 Å². The van der Waals surface area contributed by atoms with Crippen LogP contribution in [-0.4, -0.2) is 11.8 Å². The number of anilines is 1. The van der Waals surface area contributed by atoms with E-state index in [0.29, 0.717) is 0 Å². The molecule has 2 fully saturated rings. The van der Waals surface area contributed by atoms with Crippen molar-refractivity contribution in [1.82, 2.24) is 0 Å². The molecule has 0 N–H and O–H groups in total. The van der Waals surface area contributed by atoms with Crippen molar-refractivity contribution in [2.45, 2.75) is 19.5 Å². The van der Waals surface area contributed by atoms with Gasteiger partial charge in [0.15, 0.2) is 0 Å². The fraction of sp³-hybridized carbons (Fsp3) is 0.412. The van der Waals surface area contributed by atoms with E-state index in [0.717, 1.165) is 29.0 Å². The van der Waals surface area contributed by atoms with Crippen molar-refractivity contribution in [1.29, 1.82) is 0 Å². The summed E-state index contributed by atoms with van der Waals surface area (Å²) in [5.41, 5.74) is 0.573. The summed E-state index contributed by atoms with van der Waals surface area (Å²) < 4.78 is 37.9. The molecule has 0 spiro atoms. The van der Waals surface area contributed by atoms with Gasteiger partial charge in [-0.15, -0.1) is 0 Å².